The molecule has 0 aromatic heterocycles. The van der Waals surface area contributed by atoms with E-state index in [1.54, 1.807) is 6.07 Å². The van der Waals surface area contributed by atoms with Crippen LogP contribution in [0.2, 0.25) is 0 Å². The minimum absolute atomic E-state index is 0.282. The summed E-state index contributed by atoms with van der Waals surface area (Å²) in [6, 6.07) is 9.64. The lowest BCUT2D eigenvalue weighted by molar-refractivity contribution is 0.0471. The van der Waals surface area contributed by atoms with Gasteiger partial charge < -0.3 is 10.5 Å². The predicted molar refractivity (Wildman–Crippen MR) is 85.4 cm³/mol. The number of nitrogen functional groups attached to an aromatic ring is 1. The van der Waals surface area contributed by atoms with Gasteiger partial charge >= 0.3 is 5.97 Å². The third kappa shape index (κ3) is 3.24. The number of ether oxygens (including phenoxy) is 1. The van der Waals surface area contributed by atoms with Crippen molar-refractivity contribution in [3.8, 4) is 0 Å². The molecule has 0 saturated carbocycles. The number of carbonyl (C=O) groups excluding carboxylic acids is 1. The maximum atomic E-state index is 12.2. The molecule has 2 rings (SSSR count). The third-order valence-electron chi connectivity index (χ3n) is 3.83. The number of esters is 1. The summed E-state index contributed by atoms with van der Waals surface area (Å²) in [6.07, 6.45) is 0. The van der Waals surface area contributed by atoms with Crippen molar-refractivity contribution in [1.82, 2.24) is 0 Å². The Morgan fingerprint density at radius 2 is 1.62 bits per heavy atom. The second-order valence-corrected chi connectivity index (χ2v) is 5.47. The normalized spacial score (nSPS) is 10.5. The standard InChI is InChI=1S/C18H21NO2/c1-11-6-5-7-12(2)16(11)10-21-18(20)15-9-17(19)14(4)8-13(15)3/h5-9H,10,19H2,1-4H3. The highest BCUT2D eigenvalue weighted by molar-refractivity contribution is 5.92. The Morgan fingerprint density at radius 3 is 2.24 bits per heavy atom. The third-order valence-corrected chi connectivity index (χ3v) is 3.83. The predicted octanol–water partition coefficient (Wildman–Crippen LogP) is 3.86. The lowest BCUT2D eigenvalue weighted by Gasteiger charge is -2.12. The first kappa shape index (κ1) is 15.1. The van der Waals surface area contributed by atoms with E-state index in [2.05, 4.69) is 0 Å². The molecule has 2 aromatic rings. The van der Waals surface area contributed by atoms with Gasteiger partial charge in [0.15, 0.2) is 0 Å². The van der Waals surface area contributed by atoms with Crippen LogP contribution in [-0.2, 0) is 11.3 Å². The zero-order valence-corrected chi connectivity index (χ0v) is 13.0. The molecule has 0 aliphatic rings. The Morgan fingerprint density at radius 1 is 1.00 bits per heavy atom. The molecule has 0 fully saturated rings. The van der Waals surface area contributed by atoms with Crippen LogP contribution in [0.3, 0.4) is 0 Å². The summed E-state index contributed by atoms with van der Waals surface area (Å²) in [7, 11) is 0. The SMILES string of the molecule is Cc1cc(C)c(C(=O)OCc2c(C)cccc2C)cc1N. The Hall–Kier alpha value is -2.29. The van der Waals surface area contributed by atoms with Crippen LogP contribution in [0, 0.1) is 27.7 Å². The van der Waals surface area contributed by atoms with Crippen molar-refractivity contribution < 1.29 is 9.53 Å². The number of benzene rings is 2. The van der Waals surface area contributed by atoms with E-state index in [9.17, 15) is 4.79 Å². The highest BCUT2D eigenvalue weighted by Crippen LogP contribution is 2.20. The molecule has 0 radical (unpaired) electrons. The van der Waals surface area contributed by atoms with Gasteiger partial charge in [-0.15, -0.1) is 0 Å². The summed E-state index contributed by atoms with van der Waals surface area (Å²) < 4.78 is 5.46. The summed E-state index contributed by atoms with van der Waals surface area (Å²) in [5.41, 5.74) is 12.2. The molecular formula is C18H21NO2. The smallest absolute Gasteiger partial charge is 0.338 e. The van der Waals surface area contributed by atoms with Crippen LogP contribution in [0.1, 0.15) is 38.2 Å². The summed E-state index contributed by atoms with van der Waals surface area (Å²) >= 11 is 0. The number of hydrogen-bond acceptors (Lipinski definition) is 3. The second-order valence-electron chi connectivity index (χ2n) is 5.47. The Kier molecular flexibility index (Phi) is 4.32. The molecule has 110 valence electrons. The van der Waals surface area contributed by atoms with Gasteiger partial charge in [-0.3, -0.25) is 0 Å². The van der Waals surface area contributed by atoms with E-state index in [4.69, 9.17) is 10.5 Å². The van der Waals surface area contributed by atoms with Crippen molar-refractivity contribution in [1.29, 1.82) is 0 Å². The molecule has 3 nitrogen and oxygen atoms in total. The molecule has 0 saturated heterocycles. The van der Waals surface area contributed by atoms with E-state index >= 15 is 0 Å². The molecule has 2 aromatic carbocycles. The van der Waals surface area contributed by atoms with Crippen LogP contribution in [0.5, 0.6) is 0 Å². The lowest BCUT2D eigenvalue weighted by Crippen LogP contribution is -2.09. The lowest BCUT2D eigenvalue weighted by atomic mass is 10.0. The fourth-order valence-corrected chi connectivity index (χ4v) is 2.38. The quantitative estimate of drug-likeness (QED) is 0.687. The van der Waals surface area contributed by atoms with Crippen LogP contribution in [-0.4, -0.2) is 5.97 Å². The summed E-state index contributed by atoms with van der Waals surface area (Å²) in [6.45, 7) is 8.14. The number of hydrogen-bond donors (Lipinski definition) is 1. The van der Waals surface area contributed by atoms with E-state index < -0.39 is 0 Å². The molecule has 0 atom stereocenters. The number of anilines is 1. The van der Waals surface area contributed by atoms with Crippen molar-refractivity contribution in [3.05, 3.63) is 63.7 Å². The van der Waals surface area contributed by atoms with Gasteiger partial charge in [-0.1, -0.05) is 24.3 Å². The van der Waals surface area contributed by atoms with Gasteiger partial charge in [0.05, 0.1) is 5.56 Å². The van der Waals surface area contributed by atoms with Gasteiger partial charge in [-0.05, 0) is 61.6 Å². The van der Waals surface area contributed by atoms with E-state index in [0.717, 1.165) is 27.8 Å². The maximum Gasteiger partial charge on any atom is 0.338 e. The van der Waals surface area contributed by atoms with Gasteiger partial charge in [0.25, 0.3) is 0 Å². The zero-order chi connectivity index (χ0) is 15.6. The van der Waals surface area contributed by atoms with Crippen LogP contribution in [0.15, 0.2) is 30.3 Å². The molecule has 2 N–H and O–H groups in total. The van der Waals surface area contributed by atoms with Crippen LogP contribution in [0.25, 0.3) is 0 Å². The molecule has 0 aliphatic heterocycles. The molecule has 0 heterocycles. The van der Waals surface area contributed by atoms with Crippen molar-refractivity contribution in [2.75, 3.05) is 5.73 Å². The van der Waals surface area contributed by atoms with Gasteiger partial charge in [0.2, 0.25) is 0 Å². The monoisotopic (exact) mass is 283 g/mol. The number of rotatable bonds is 3. The largest absolute Gasteiger partial charge is 0.457 e. The van der Waals surface area contributed by atoms with Crippen LogP contribution < -0.4 is 5.73 Å². The number of nitrogens with two attached hydrogens (primary N) is 1. The molecule has 0 amide bonds. The molecule has 0 bridgehead atoms. The molecular weight excluding hydrogens is 262 g/mol. The fraction of sp³-hybridized carbons (Fsp3) is 0.278. The van der Waals surface area contributed by atoms with Gasteiger partial charge in [-0.25, -0.2) is 4.79 Å². The Balaban J connectivity index is 2.18. The first-order valence-electron chi connectivity index (χ1n) is 6.99. The van der Waals surface area contributed by atoms with E-state index in [1.807, 2.05) is 52.0 Å². The molecule has 21 heavy (non-hydrogen) atoms. The van der Waals surface area contributed by atoms with Crippen molar-refractivity contribution in [2.45, 2.75) is 34.3 Å². The van der Waals surface area contributed by atoms with E-state index in [-0.39, 0.29) is 12.6 Å². The van der Waals surface area contributed by atoms with Gasteiger partial charge in [-0.2, -0.15) is 0 Å². The molecule has 0 aliphatic carbocycles. The molecule has 0 unspecified atom stereocenters. The van der Waals surface area contributed by atoms with Crippen molar-refractivity contribution >= 4 is 11.7 Å². The average Bonchev–Trinajstić information content (AvgIpc) is 2.42. The first-order valence-corrected chi connectivity index (χ1v) is 6.99. The maximum absolute atomic E-state index is 12.2. The summed E-state index contributed by atoms with van der Waals surface area (Å²) in [5.74, 6) is -0.332. The van der Waals surface area contributed by atoms with Gasteiger partial charge in [0, 0.05) is 5.69 Å². The minimum Gasteiger partial charge on any atom is -0.457 e. The fourth-order valence-electron chi connectivity index (χ4n) is 2.38. The highest BCUT2D eigenvalue weighted by Gasteiger charge is 2.13. The molecule has 3 heteroatoms. The summed E-state index contributed by atoms with van der Waals surface area (Å²) in [4.78, 5) is 12.2. The number of aryl methyl sites for hydroxylation is 4. The minimum atomic E-state index is -0.332. The van der Waals surface area contributed by atoms with E-state index in [0.29, 0.717) is 11.3 Å². The molecule has 0 spiro atoms. The highest BCUT2D eigenvalue weighted by atomic mass is 16.5. The first-order chi connectivity index (χ1) is 9.90. The van der Waals surface area contributed by atoms with E-state index in [1.165, 1.54) is 0 Å². The second kappa shape index (κ2) is 6.00. The van der Waals surface area contributed by atoms with Crippen LogP contribution in [0.4, 0.5) is 5.69 Å². The summed E-state index contributed by atoms with van der Waals surface area (Å²) in [5, 5.41) is 0. The van der Waals surface area contributed by atoms with Crippen molar-refractivity contribution in [2.24, 2.45) is 0 Å². The zero-order valence-electron chi connectivity index (χ0n) is 13.0. The van der Waals surface area contributed by atoms with Crippen LogP contribution >= 0.6 is 0 Å². The number of carbonyl (C=O) groups is 1. The average molecular weight is 283 g/mol. The Bertz CT molecular complexity index is 670. The van der Waals surface area contributed by atoms with Gasteiger partial charge in [0.1, 0.15) is 6.61 Å². The Labute approximate surface area is 125 Å². The van der Waals surface area contributed by atoms with Crippen molar-refractivity contribution in [3.63, 3.8) is 0 Å². The topological polar surface area (TPSA) is 52.3 Å².